The standard InChI is InChI=1S/C26H33N8O5P/c1-5-21-26(4,6-2)34(40(36,37)38)12-11-33(21)22-10-8-18(15-27-22)30-24-28-14-16(3)23(32-24)29-17-7-9-20-19(13-17)31-25(35)39-20/h7-10,13-15,21H,5-6,11-12H2,1-4H3,(H,31,35)(H2,36,37,38)(H2,28,29,30,32)/t21?,26-/m1/s1. The van der Waals surface area contributed by atoms with Gasteiger partial charge in [-0.15, -0.1) is 0 Å². The van der Waals surface area contributed by atoms with Crippen molar-refractivity contribution in [3.05, 3.63) is 58.8 Å². The van der Waals surface area contributed by atoms with E-state index in [-0.39, 0.29) is 12.6 Å². The average Bonchev–Trinajstić information content (AvgIpc) is 3.29. The van der Waals surface area contributed by atoms with Crippen molar-refractivity contribution in [2.45, 2.75) is 52.1 Å². The number of oxazole rings is 1. The van der Waals surface area contributed by atoms with Crippen molar-refractivity contribution in [2.24, 2.45) is 0 Å². The quantitative estimate of drug-likeness (QED) is 0.191. The Labute approximate surface area is 230 Å². The number of fused-ring (bicyclic) bond motifs is 1. The van der Waals surface area contributed by atoms with E-state index in [1.54, 1.807) is 30.6 Å². The van der Waals surface area contributed by atoms with Crippen LogP contribution in [0.3, 0.4) is 0 Å². The predicted octanol–water partition coefficient (Wildman–Crippen LogP) is 4.26. The molecule has 1 fully saturated rings. The highest BCUT2D eigenvalue weighted by Crippen LogP contribution is 2.50. The molecular weight excluding hydrogens is 535 g/mol. The Bertz CT molecular complexity index is 1620. The Morgan fingerprint density at radius 3 is 2.58 bits per heavy atom. The normalized spacial score (nSPS) is 20.1. The second-order valence-electron chi connectivity index (χ2n) is 10.1. The van der Waals surface area contributed by atoms with Crippen LogP contribution in [0.4, 0.5) is 29.0 Å². The molecule has 0 saturated carbocycles. The van der Waals surface area contributed by atoms with E-state index in [0.29, 0.717) is 47.9 Å². The third-order valence-electron chi connectivity index (χ3n) is 7.61. The van der Waals surface area contributed by atoms with Gasteiger partial charge in [0.25, 0.3) is 0 Å². The van der Waals surface area contributed by atoms with E-state index < -0.39 is 19.0 Å². The number of rotatable bonds is 8. The fraction of sp³-hybridized carbons (Fsp3) is 0.385. The monoisotopic (exact) mass is 568 g/mol. The Morgan fingerprint density at radius 2 is 1.90 bits per heavy atom. The second kappa shape index (κ2) is 10.7. The van der Waals surface area contributed by atoms with Crippen LogP contribution < -0.4 is 21.3 Å². The van der Waals surface area contributed by atoms with Gasteiger partial charge in [-0.3, -0.25) is 4.98 Å². The van der Waals surface area contributed by atoms with Crippen molar-refractivity contribution in [3.63, 3.8) is 0 Å². The Balaban J connectivity index is 1.33. The van der Waals surface area contributed by atoms with Crippen LogP contribution in [-0.4, -0.2) is 59.1 Å². The molecule has 5 rings (SSSR count). The van der Waals surface area contributed by atoms with Crippen molar-refractivity contribution < 1.29 is 18.8 Å². The molecule has 40 heavy (non-hydrogen) atoms. The molecule has 5 N–H and O–H groups in total. The summed E-state index contributed by atoms with van der Waals surface area (Å²) in [7, 11) is -4.40. The minimum absolute atomic E-state index is 0.127. The predicted molar refractivity (Wildman–Crippen MR) is 153 cm³/mol. The molecule has 2 atom stereocenters. The van der Waals surface area contributed by atoms with Gasteiger partial charge in [0, 0.05) is 42.1 Å². The Kier molecular flexibility index (Phi) is 7.40. The number of anilines is 5. The summed E-state index contributed by atoms with van der Waals surface area (Å²) < 4.78 is 18.6. The van der Waals surface area contributed by atoms with Crippen LogP contribution in [0.5, 0.6) is 0 Å². The summed E-state index contributed by atoms with van der Waals surface area (Å²) in [6, 6.07) is 8.92. The minimum atomic E-state index is -4.40. The van der Waals surface area contributed by atoms with Crippen LogP contribution in [-0.2, 0) is 4.57 Å². The maximum Gasteiger partial charge on any atom is 0.417 e. The van der Waals surface area contributed by atoms with E-state index in [2.05, 4.69) is 35.5 Å². The molecule has 0 amide bonds. The van der Waals surface area contributed by atoms with Gasteiger partial charge in [-0.05, 0) is 57.0 Å². The number of H-pyrrole nitrogens is 1. The highest BCUT2D eigenvalue weighted by Gasteiger charge is 2.50. The van der Waals surface area contributed by atoms with Crippen molar-refractivity contribution in [1.82, 2.24) is 24.6 Å². The summed E-state index contributed by atoms with van der Waals surface area (Å²) in [6.07, 6.45) is 4.69. The van der Waals surface area contributed by atoms with Gasteiger partial charge in [0.15, 0.2) is 5.58 Å². The van der Waals surface area contributed by atoms with E-state index in [1.165, 1.54) is 4.67 Å². The van der Waals surface area contributed by atoms with E-state index >= 15 is 0 Å². The van der Waals surface area contributed by atoms with Gasteiger partial charge in [0.1, 0.15) is 11.6 Å². The number of pyridine rings is 1. The van der Waals surface area contributed by atoms with Crippen LogP contribution in [0.25, 0.3) is 11.1 Å². The lowest BCUT2D eigenvalue weighted by molar-refractivity contribution is 0.0920. The van der Waals surface area contributed by atoms with Gasteiger partial charge in [-0.1, -0.05) is 13.8 Å². The third kappa shape index (κ3) is 5.33. The van der Waals surface area contributed by atoms with Gasteiger partial charge in [0.2, 0.25) is 5.95 Å². The number of hydrogen-bond acceptors (Lipinski definition) is 9. The van der Waals surface area contributed by atoms with Crippen LogP contribution in [0.2, 0.25) is 0 Å². The lowest BCUT2D eigenvalue weighted by atomic mass is 9.84. The number of aryl methyl sites for hydroxylation is 1. The zero-order valence-corrected chi connectivity index (χ0v) is 23.6. The van der Waals surface area contributed by atoms with Crippen LogP contribution in [0.15, 0.2) is 51.9 Å². The van der Waals surface area contributed by atoms with E-state index in [1.807, 2.05) is 39.8 Å². The summed E-state index contributed by atoms with van der Waals surface area (Å²) in [4.78, 5) is 49.8. The first-order valence-corrected chi connectivity index (χ1v) is 14.6. The van der Waals surface area contributed by atoms with E-state index in [4.69, 9.17) is 4.42 Å². The molecule has 1 aliphatic rings. The van der Waals surface area contributed by atoms with Gasteiger partial charge in [-0.25, -0.2) is 19.3 Å². The number of piperazine rings is 1. The molecule has 4 heterocycles. The van der Waals surface area contributed by atoms with E-state index in [9.17, 15) is 19.1 Å². The van der Waals surface area contributed by atoms with E-state index in [0.717, 1.165) is 17.1 Å². The highest BCUT2D eigenvalue weighted by atomic mass is 31.2. The number of benzene rings is 1. The molecule has 4 aromatic rings. The van der Waals surface area contributed by atoms with Gasteiger partial charge in [-0.2, -0.15) is 9.65 Å². The molecule has 0 spiro atoms. The largest absolute Gasteiger partial charge is 0.417 e. The van der Waals surface area contributed by atoms with Gasteiger partial charge in [0.05, 0.1) is 17.4 Å². The lowest BCUT2D eigenvalue weighted by Gasteiger charge is -2.54. The zero-order chi connectivity index (χ0) is 28.7. The van der Waals surface area contributed by atoms with Crippen molar-refractivity contribution >= 4 is 47.8 Å². The van der Waals surface area contributed by atoms with Crippen molar-refractivity contribution in [1.29, 1.82) is 0 Å². The summed E-state index contributed by atoms with van der Waals surface area (Å²) in [6.45, 7) is 8.47. The molecule has 1 unspecified atom stereocenters. The molecular formula is C26H33N8O5P. The maximum atomic E-state index is 12.2. The summed E-state index contributed by atoms with van der Waals surface area (Å²) in [5.41, 5.74) is 2.60. The number of aromatic amines is 1. The number of hydrogen-bond donors (Lipinski definition) is 5. The SMILES string of the molecule is CCC1N(c2ccc(Nc3ncc(C)c(Nc4ccc5oc(=O)[nH]c5c4)n3)cn2)CCN(P(=O)(O)O)[C@]1(C)CC. The molecule has 0 radical (unpaired) electrons. The second-order valence-corrected chi connectivity index (χ2v) is 11.6. The molecule has 1 aromatic carbocycles. The fourth-order valence-corrected chi connectivity index (χ4v) is 6.68. The third-order valence-corrected chi connectivity index (χ3v) is 8.89. The Morgan fingerprint density at radius 1 is 1.12 bits per heavy atom. The van der Waals surface area contributed by atoms with Crippen LogP contribution in [0.1, 0.15) is 39.2 Å². The first-order valence-electron chi connectivity index (χ1n) is 13.1. The van der Waals surface area contributed by atoms with Crippen LogP contribution in [0, 0.1) is 6.92 Å². The highest BCUT2D eigenvalue weighted by molar-refractivity contribution is 7.49. The first-order chi connectivity index (χ1) is 19.0. The van der Waals surface area contributed by atoms with Crippen molar-refractivity contribution in [3.8, 4) is 0 Å². The molecule has 0 bridgehead atoms. The molecule has 212 valence electrons. The topological polar surface area (TPSA) is 173 Å². The van der Waals surface area contributed by atoms with Crippen molar-refractivity contribution in [2.75, 3.05) is 28.6 Å². The molecule has 0 aliphatic carbocycles. The molecule has 1 aliphatic heterocycles. The summed E-state index contributed by atoms with van der Waals surface area (Å²) in [5, 5.41) is 6.44. The lowest BCUT2D eigenvalue weighted by Crippen LogP contribution is -2.65. The van der Waals surface area contributed by atoms with Gasteiger partial charge < -0.3 is 29.7 Å². The average molecular weight is 569 g/mol. The van der Waals surface area contributed by atoms with Gasteiger partial charge >= 0.3 is 13.5 Å². The fourth-order valence-electron chi connectivity index (χ4n) is 5.46. The molecule has 13 nitrogen and oxygen atoms in total. The first kappa shape index (κ1) is 27.8. The Hall–Kier alpha value is -3.77. The minimum Gasteiger partial charge on any atom is -0.408 e. The smallest absolute Gasteiger partial charge is 0.408 e. The maximum absolute atomic E-state index is 12.2. The van der Waals surface area contributed by atoms with Crippen LogP contribution >= 0.6 is 7.75 Å². The number of aromatic nitrogens is 4. The molecule has 1 saturated heterocycles. The number of nitrogens with one attached hydrogen (secondary N) is 3. The number of nitrogens with zero attached hydrogens (tertiary/aromatic N) is 5. The zero-order valence-electron chi connectivity index (χ0n) is 22.7. The summed E-state index contributed by atoms with van der Waals surface area (Å²) in [5.74, 6) is 1.20. The molecule has 3 aromatic heterocycles. The summed E-state index contributed by atoms with van der Waals surface area (Å²) >= 11 is 0. The molecule has 14 heteroatoms.